The average molecular weight is 327 g/mol. The van der Waals surface area contributed by atoms with E-state index in [9.17, 15) is 4.79 Å². The van der Waals surface area contributed by atoms with E-state index < -0.39 is 6.10 Å². The number of para-hydroxylation sites is 2. The third kappa shape index (κ3) is 4.28. The van der Waals surface area contributed by atoms with Crippen LogP contribution >= 0.6 is 0 Å². The van der Waals surface area contributed by atoms with E-state index in [1.807, 2.05) is 25.1 Å². The molecule has 2 rings (SSSR count). The van der Waals surface area contributed by atoms with Crippen molar-refractivity contribution in [2.45, 2.75) is 39.8 Å². The molecule has 0 unspecified atom stereocenters. The fourth-order valence-electron chi connectivity index (χ4n) is 2.41. The Bertz CT molecular complexity index is 712. The van der Waals surface area contributed by atoms with Crippen molar-refractivity contribution in [3.63, 3.8) is 0 Å². The number of ether oxygens (including phenoxy) is 2. The summed E-state index contributed by atoms with van der Waals surface area (Å²) in [5.41, 5.74) is 3.54. The van der Waals surface area contributed by atoms with Crippen LogP contribution in [-0.4, -0.2) is 19.1 Å². The molecule has 0 fully saturated rings. The Hall–Kier alpha value is -2.49. The van der Waals surface area contributed by atoms with E-state index in [1.165, 1.54) is 11.1 Å². The second kappa shape index (κ2) is 7.86. The number of nitrogens with one attached hydrogen (secondary N) is 1. The van der Waals surface area contributed by atoms with Gasteiger partial charge in [-0.25, -0.2) is 0 Å². The molecular weight excluding hydrogens is 302 g/mol. The molecule has 1 N–H and O–H groups in total. The summed E-state index contributed by atoms with van der Waals surface area (Å²) in [5.74, 6) is 1.01. The molecule has 0 aliphatic carbocycles. The standard InChI is InChI=1S/C20H25NO3/c1-13-10-11-17(12-14(13)2)15(3)21-20(22)16(4)24-19-9-7-6-8-18(19)23-5/h6-12,15-16H,1-5H3,(H,21,22)/t15-,16-/m1/s1. The van der Waals surface area contributed by atoms with Crippen molar-refractivity contribution < 1.29 is 14.3 Å². The summed E-state index contributed by atoms with van der Waals surface area (Å²) in [7, 11) is 1.58. The smallest absolute Gasteiger partial charge is 0.261 e. The molecule has 2 atom stereocenters. The number of aryl methyl sites for hydroxylation is 2. The van der Waals surface area contributed by atoms with Gasteiger partial charge in [-0.05, 0) is 56.5 Å². The van der Waals surface area contributed by atoms with Gasteiger partial charge in [0.25, 0.3) is 5.91 Å². The summed E-state index contributed by atoms with van der Waals surface area (Å²) in [6, 6.07) is 13.4. The third-order valence-electron chi connectivity index (χ3n) is 4.13. The van der Waals surface area contributed by atoms with Crippen molar-refractivity contribution in [1.29, 1.82) is 0 Å². The highest BCUT2D eigenvalue weighted by Gasteiger charge is 2.19. The molecule has 0 radical (unpaired) electrons. The Balaban J connectivity index is 2.01. The summed E-state index contributed by atoms with van der Waals surface area (Å²) >= 11 is 0. The van der Waals surface area contributed by atoms with Gasteiger partial charge < -0.3 is 14.8 Å². The van der Waals surface area contributed by atoms with Crippen molar-refractivity contribution in [3.05, 3.63) is 59.2 Å². The van der Waals surface area contributed by atoms with Crippen LogP contribution in [0.2, 0.25) is 0 Å². The second-order valence-corrected chi connectivity index (χ2v) is 5.98. The molecule has 0 spiro atoms. The minimum absolute atomic E-state index is 0.0829. The fraction of sp³-hybridized carbons (Fsp3) is 0.350. The third-order valence-corrected chi connectivity index (χ3v) is 4.13. The van der Waals surface area contributed by atoms with Crippen molar-refractivity contribution in [1.82, 2.24) is 5.32 Å². The summed E-state index contributed by atoms with van der Waals surface area (Å²) in [4.78, 5) is 12.4. The number of carbonyl (C=O) groups is 1. The number of amides is 1. The van der Waals surface area contributed by atoms with Crippen LogP contribution < -0.4 is 14.8 Å². The van der Waals surface area contributed by atoms with Crippen LogP contribution in [0.5, 0.6) is 11.5 Å². The zero-order valence-corrected chi connectivity index (χ0v) is 14.9. The van der Waals surface area contributed by atoms with Crippen LogP contribution in [0.15, 0.2) is 42.5 Å². The van der Waals surface area contributed by atoms with Gasteiger partial charge in [0, 0.05) is 0 Å². The van der Waals surface area contributed by atoms with Crippen molar-refractivity contribution >= 4 is 5.91 Å². The van der Waals surface area contributed by atoms with Crippen LogP contribution in [0.1, 0.15) is 36.6 Å². The maximum Gasteiger partial charge on any atom is 0.261 e. The van der Waals surface area contributed by atoms with Gasteiger partial charge in [0.1, 0.15) is 0 Å². The lowest BCUT2D eigenvalue weighted by molar-refractivity contribution is -0.127. The summed E-state index contributed by atoms with van der Waals surface area (Å²) < 4.78 is 11.0. The first kappa shape index (κ1) is 17.9. The van der Waals surface area contributed by atoms with Gasteiger partial charge in [0.2, 0.25) is 0 Å². The lowest BCUT2D eigenvalue weighted by Crippen LogP contribution is -2.37. The van der Waals surface area contributed by atoms with Crippen LogP contribution in [0.3, 0.4) is 0 Å². The van der Waals surface area contributed by atoms with E-state index in [0.717, 1.165) is 5.56 Å². The quantitative estimate of drug-likeness (QED) is 0.874. The van der Waals surface area contributed by atoms with Crippen LogP contribution in [0.4, 0.5) is 0 Å². The molecule has 2 aromatic carbocycles. The van der Waals surface area contributed by atoms with Gasteiger partial charge in [-0.1, -0.05) is 30.3 Å². The predicted molar refractivity (Wildman–Crippen MR) is 95.6 cm³/mol. The van der Waals surface area contributed by atoms with E-state index in [2.05, 4.69) is 31.3 Å². The SMILES string of the molecule is COc1ccccc1O[C@H](C)C(=O)N[C@H](C)c1ccc(C)c(C)c1. The molecule has 0 heterocycles. The van der Waals surface area contributed by atoms with E-state index in [0.29, 0.717) is 11.5 Å². The monoisotopic (exact) mass is 327 g/mol. The molecule has 0 aliphatic heterocycles. The Morgan fingerprint density at radius 2 is 1.67 bits per heavy atom. The van der Waals surface area contributed by atoms with Crippen molar-refractivity contribution in [2.24, 2.45) is 0 Å². The minimum Gasteiger partial charge on any atom is -0.493 e. The van der Waals surface area contributed by atoms with E-state index in [1.54, 1.807) is 26.2 Å². The number of carbonyl (C=O) groups excluding carboxylic acids is 1. The number of methoxy groups -OCH3 is 1. The molecule has 0 aliphatic rings. The first-order valence-electron chi connectivity index (χ1n) is 8.09. The van der Waals surface area contributed by atoms with Crippen LogP contribution in [0.25, 0.3) is 0 Å². The normalized spacial score (nSPS) is 13.0. The first-order chi connectivity index (χ1) is 11.4. The van der Waals surface area contributed by atoms with E-state index >= 15 is 0 Å². The number of rotatable bonds is 6. The molecular formula is C20H25NO3. The van der Waals surface area contributed by atoms with Gasteiger partial charge in [-0.15, -0.1) is 0 Å². The lowest BCUT2D eigenvalue weighted by Gasteiger charge is -2.20. The largest absolute Gasteiger partial charge is 0.493 e. The maximum absolute atomic E-state index is 12.4. The molecule has 0 aromatic heterocycles. The van der Waals surface area contributed by atoms with E-state index in [-0.39, 0.29) is 11.9 Å². The van der Waals surface area contributed by atoms with Gasteiger partial charge in [0.05, 0.1) is 13.2 Å². The Kier molecular flexibility index (Phi) is 5.85. The Morgan fingerprint density at radius 3 is 2.29 bits per heavy atom. The highest BCUT2D eigenvalue weighted by atomic mass is 16.5. The summed E-state index contributed by atoms with van der Waals surface area (Å²) in [6.07, 6.45) is -0.615. The Morgan fingerprint density at radius 1 is 1.00 bits per heavy atom. The molecule has 4 nitrogen and oxygen atoms in total. The highest BCUT2D eigenvalue weighted by molar-refractivity contribution is 5.81. The van der Waals surface area contributed by atoms with Crippen molar-refractivity contribution in [3.8, 4) is 11.5 Å². The van der Waals surface area contributed by atoms with Crippen LogP contribution in [0, 0.1) is 13.8 Å². The van der Waals surface area contributed by atoms with Gasteiger partial charge in [0.15, 0.2) is 17.6 Å². The summed E-state index contributed by atoms with van der Waals surface area (Å²) in [5, 5.41) is 3.00. The van der Waals surface area contributed by atoms with Gasteiger partial charge >= 0.3 is 0 Å². The van der Waals surface area contributed by atoms with E-state index in [4.69, 9.17) is 9.47 Å². The Labute approximate surface area is 143 Å². The number of hydrogen-bond acceptors (Lipinski definition) is 3. The molecule has 128 valence electrons. The molecule has 0 saturated carbocycles. The van der Waals surface area contributed by atoms with Crippen molar-refractivity contribution in [2.75, 3.05) is 7.11 Å². The molecule has 24 heavy (non-hydrogen) atoms. The molecule has 2 aromatic rings. The highest BCUT2D eigenvalue weighted by Crippen LogP contribution is 2.27. The van der Waals surface area contributed by atoms with Crippen LogP contribution in [-0.2, 0) is 4.79 Å². The lowest BCUT2D eigenvalue weighted by atomic mass is 10.0. The molecule has 4 heteroatoms. The van der Waals surface area contributed by atoms with Gasteiger partial charge in [-0.3, -0.25) is 4.79 Å². The topological polar surface area (TPSA) is 47.6 Å². The molecule has 1 amide bonds. The summed E-state index contributed by atoms with van der Waals surface area (Å²) in [6.45, 7) is 7.85. The maximum atomic E-state index is 12.4. The fourth-order valence-corrected chi connectivity index (χ4v) is 2.41. The number of benzene rings is 2. The zero-order valence-electron chi connectivity index (χ0n) is 14.9. The molecule has 0 saturated heterocycles. The average Bonchev–Trinajstić information content (AvgIpc) is 2.57. The second-order valence-electron chi connectivity index (χ2n) is 5.98. The molecule has 0 bridgehead atoms. The predicted octanol–water partition coefficient (Wildman–Crippen LogP) is 3.96. The zero-order chi connectivity index (χ0) is 17.7. The minimum atomic E-state index is -0.615. The number of hydrogen-bond donors (Lipinski definition) is 1. The first-order valence-corrected chi connectivity index (χ1v) is 8.09. The van der Waals surface area contributed by atoms with Gasteiger partial charge in [-0.2, -0.15) is 0 Å².